The molecule has 222 valence electrons. The smallest absolute Gasteiger partial charge is 0.270 e. The Balaban J connectivity index is 1.51. The lowest BCUT2D eigenvalue weighted by Crippen LogP contribution is -2.47. The van der Waals surface area contributed by atoms with E-state index in [1.807, 2.05) is 56.3 Å². The van der Waals surface area contributed by atoms with Crippen molar-refractivity contribution in [2.45, 2.75) is 64.0 Å². The number of amides is 2. The molecule has 2 aromatic heterocycles. The Labute approximate surface area is 251 Å². The van der Waals surface area contributed by atoms with Crippen LogP contribution in [0.15, 0.2) is 54.7 Å². The lowest BCUT2D eigenvalue weighted by atomic mass is 9.81. The van der Waals surface area contributed by atoms with E-state index < -0.39 is 11.5 Å². The van der Waals surface area contributed by atoms with Gasteiger partial charge in [-0.25, -0.2) is 4.98 Å². The zero-order valence-corrected chi connectivity index (χ0v) is 25.5. The fourth-order valence-electron chi connectivity index (χ4n) is 5.71. The first-order valence-corrected chi connectivity index (χ1v) is 14.9. The molecule has 5 rings (SSSR count). The Morgan fingerprint density at radius 1 is 1.12 bits per heavy atom. The first kappa shape index (κ1) is 29.8. The SMILES string of the molecule is CC(C)C(c1ccccc1Cl)C(NC(=O)c1ccnn1C)c1nc2ccc(C(C)(C)C(=O)NC3CCOCC3)cc2[nH]1. The summed E-state index contributed by atoms with van der Waals surface area (Å²) in [4.78, 5) is 35.3. The second-order valence-corrected chi connectivity index (χ2v) is 12.3. The number of ether oxygens (including phenoxy) is 1. The van der Waals surface area contributed by atoms with E-state index in [0.29, 0.717) is 29.8 Å². The van der Waals surface area contributed by atoms with Crippen LogP contribution in [-0.2, 0) is 22.0 Å². The summed E-state index contributed by atoms with van der Waals surface area (Å²) in [5, 5.41) is 11.2. The molecule has 2 aromatic carbocycles. The number of hydrogen-bond donors (Lipinski definition) is 3. The van der Waals surface area contributed by atoms with Gasteiger partial charge < -0.3 is 20.4 Å². The average Bonchev–Trinajstić information content (AvgIpc) is 3.59. The van der Waals surface area contributed by atoms with Gasteiger partial charge in [0.1, 0.15) is 11.5 Å². The highest BCUT2D eigenvalue weighted by molar-refractivity contribution is 6.31. The van der Waals surface area contributed by atoms with E-state index in [-0.39, 0.29) is 29.7 Å². The molecule has 4 aromatic rings. The third-order valence-corrected chi connectivity index (χ3v) is 8.67. The number of aryl methyl sites for hydroxylation is 1. The fourth-order valence-corrected chi connectivity index (χ4v) is 5.98. The van der Waals surface area contributed by atoms with Gasteiger partial charge in [-0.1, -0.05) is 49.7 Å². The number of aromatic nitrogens is 4. The van der Waals surface area contributed by atoms with Gasteiger partial charge in [-0.15, -0.1) is 0 Å². The van der Waals surface area contributed by atoms with Gasteiger partial charge in [0.25, 0.3) is 5.91 Å². The van der Waals surface area contributed by atoms with E-state index in [2.05, 4.69) is 34.6 Å². The topological polar surface area (TPSA) is 114 Å². The second-order valence-electron chi connectivity index (χ2n) is 11.9. The lowest BCUT2D eigenvalue weighted by molar-refractivity contribution is -0.127. The van der Waals surface area contributed by atoms with Crippen molar-refractivity contribution in [3.8, 4) is 0 Å². The molecule has 0 aliphatic carbocycles. The number of rotatable bonds is 9. The van der Waals surface area contributed by atoms with Crippen LogP contribution in [0.5, 0.6) is 0 Å². The van der Waals surface area contributed by atoms with E-state index >= 15 is 0 Å². The number of H-pyrrole nitrogens is 1. The third-order valence-electron chi connectivity index (χ3n) is 8.32. The minimum atomic E-state index is -0.761. The Morgan fingerprint density at radius 3 is 2.52 bits per heavy atom. The highest BCUT2D eigenvalue weighted by Crippen LogP contribution is 2.40. The fraction of sp³-hybridized carbons (Fsp3) is 0.438. The van der Waals surface area contributed by atoms with Crippen LogP contribution < -0.4 is 10.6 Å². The van der Waals surface area contributed by atoms with Crippen LogP contribution in [0.3, 0.4) is 0 Å². The number of benzene rings is 2. The summed E-state index contributed by atoms with van der Waals surface area (Å²) in [6.45, 7) is 9.41. The van der Waals surface area contributed by atoms with Gasteiger partial charge in [-0.3, -0.25) is 14.3 Å². The molecular formula is C32H39ClN6O3. The maximum atomic E-state index is 13.5. The molecule has 9 nitrogen and oxygen atoms in total. The zero-order chi connectivity index (χ0) is 30.0. The quantitative estimate of drug-likeness (QED) is 0.240. The Hall–Kier alpha value is -3.69. The minimum Gasteiger partial charge on any atom is -0.381 e. The number of aromatic amines is 1. The summed E-state index contributed by atoms with van der Waals surface area (Å²) >= 11 is 6.70. The van der Waals surface area contributed by atoms with Crippen molar-refractivity contribution in [2.24, 2.45) is 13.0 Å². The van der Waals surface area contributed by atoms with Crippen LogP contribution in [0.2, 0.25) is 5.02 Å². The number of nitrogens with one attached hydrogen (secondary N) is 3. The van der Waals surface area contributed by atoms with Crippen molar-refractivity contribution < 1.29 is 14.3 Å². The van der Waals surface area contributed by atoms with Crippen LogP contribution in [0.4, 0.5) is 0 Å². The molecule has 42 heavy (non-hydrogen) atoms. The molecule has 3 heterocycles. The van der Waals surface area contributed by atoms with Crippen LogP contribution in [0.1, 0.15) is 79.9 Å². The first-order chi connectivity index (χ1) is 20.1. The minimum absolute atomic E-state index is 0.0200. The lowest BCUT2D eigenvalue weighted by Gasteiger charge is -2.31. The summed E-state index contributed by atoms with van der Waals surface area (Å²) < 4.78 is 6.98. The van der Waals surface area contributed by atoms with Crippen molar-refractivity contribution in [3.63, 3.8) is 0 Å². The van der Waals surface area contributed by atoms with Crippen molar-refractivity contribution in [1.29, 1.82) is 0 Å². The molecule has 3 N–H and O–H groups in total. The molecule has 1 aliphatic heterocycles. The molecule has 1 fully saturated rings. The largest absolute Gasteiger partial charge is 0.381 e. The molecule has 10 heteroatoms. The van der Waals surface area contributed by atoms with Gasteiger partial charge in [-0.2, -0.15) is 5.10 Å². The van der Waals surface area contributed by atoms with E-state index in [1.54, 1.807) is 24.0 Å². The standard InChI is InChI=1S/C32H39ClN6O3/c1-19(2)27(22-8-6-7-9-23(22)33)28(38-30(40)26-12-15-34-39(26)5)29-36-24-11-10-20(18-25(24)37-29)32(3,4)31(41)35-21-13-16-42-17-14-21/h6-12,15,18-19,21,27-28H,13-14,16-17H2,1-5H3,(H,35,41)(H,36,37)(H,38,40). The normalized spacial score (nSPS) is 16.0. The van der Waals surface area contributed by atoms with E-state index in [0.717, 1.165) is 35.0 Å². The number of hydrogen-bond acceptors (Lipinski definition) is 5. The van der Waals surface area contributed by atoms with Crippen molar-refractivity contribution in [2.75, 3.05) is 13.2 Å². The van der Waals surface area contributed by atoms with Gasteiger partial charge >= 0.3 is 0 Å². The number of imidazole rings is 1. The molecule has 0 saturated carbocycles. The zero-order valence-electron chi connectivity index (χ0n) is 24.8. The van der Waals surface area contributed by atoms with Gasteiger partial charge in [0, 0.05) is 43.4 Å². The highest BCUT2D eigenvalue weighted by atomic mass is 35.5. The molecule has 0 radical (unpaired) electrons. The van der Waals surface area contributed by atoms with Crippen LogP contribution in [-0.4, -0.2) is 50.8 Å². The number of nitrogens with zero attached hydrogens (tertiary/aromatic N) is 3. The molecule has 2 unspecified atom stereocenters. The van der Waals surface area contributed by atoms with Crippen molar-refractivity contribution >= 4 is 34.4 Å². The van der Waals surface area contributed by atoms with Crippen molar-refractivity contribution in [1.82, 2.24) is 30.4 Å². The van der Waals surface area contributed by atoms with E-state index in [1.165, 1.54) is 0 Å². The third kappa shape index (κ3) is 6.08. The number of carbonyl (C=O) groups excluding carboxylic acids is 2. The second kappa shape index (κ2) is 12.3. The maximum Gasteiger partial charge on any atom is 0.270 e. The van der Waals surface area contributed by atoms with Crippen molar-refractivity contribution in [3.05, 3.63) is 82.4 Å². The Kier molecular flexibility index (Phi) is 8.70. The Bertz CT molecular complexity index is 1570. The summed E-state index contributed by atoms with van der Waals surface area (Å²) in [7, 11) is 1.74. The first-order valence-electron chi connectivity index (χ1n) is 14.5. The number of halogens is 1. The molecule has 0 bridgehead atoms. The highest BCUT2D eigenvalue weighted by Gasteiger charge is 2.35. The summed E-state index contributed by atoms with van der Waals surface area (Å²) in [5.74, 6) is 0.259. The molecule has 1 aliphatic rings. The number of carbonyl (C=O) groups is 2. The van der Waals surface area contributed by atoms with Gasteiger partial charge in [0.05, 0.1) is 22.5 Å². The van der Waals surface area contributed by atoms with E-state index in [9.17, 15) is 9.59 Å². The van der Waals surface area contributed by atoms with Crippen LogP contribution in [0.25, 0.3) is 11.0 Å². The summed E-state index contributed by atoms with van der Waals surface area (Å²) in [6.07, 6.45) is 3.23. The molecule has 2 atom stereocenters. The summed E-state index contributed by atoms with van der Waals surface area (Å²) in [6, 6.07) is 14.9. The van der Waals surface area contributed by atoms with Crippen LogP contribution >= 0.6 is 11.6 Å². The number of fused-ring (bicyclic) bond motifs is 1. The van der Waals surface area contributed by atoms with Gasteiger partial charge in [-0.05, 0) is 68.0 Å². The molecule has 0 spiro atoms. The monoisotopic (exact) mass is 590 g/mol. The Morgan fingerprint density at radius 2 is 1.86 bits per heavy atom. The average molecular weight is 591 g/mol. The predicted molar refractivity (Wildman–Crippen MR) is 164 cm³/mol. The summed E-state index contributed by atoms with van der Waals surface area (Å²) in [5.41, 5.74) is 3.01. The molecule has 2 amide bonds. The predicted octanol–water partition coefficient (Wildman–Crippen LogP) is 5.43. The molecular weight excluding hydrogens is 552 g/mol. The van der Waals surface area contributed by atoms with Gasteiger partial charge in [0.2, 0.25) is 5.91 Å². The van der Waals surface area contributed by atoms with Gasteiger partial charge in [0.15, 0.2) is 0 Å². The van der Waals surface area contributed by atoms with Crippen LogP contribution in [0, 0.1) is 5.92 Å². The maximum absolute atomic E-state index is 13.5. The van der Waals surface area contributed by atoms with E-state index in [4.69, 9.17) is 21.3 Å². The molecule has 1 saturated heterocycles.